The van der Waals surface area contributed by atoms with E-state index in [1.54, 1.807) is 18.1 Å². The molecule has 34 heavy (non-hydrogen) atoms. The van der Waals surface area contributed by atoms with E-state index in [0.717, 1.165) is 36.6 Å². The van der Waals surface area contributed by atoms with E-state index in [0.29, 0.717) is 34.9 Å². The number of fused-ring (bicyclic) bond motifs is 2. The van der Waals surface area contributed by atoms with Crippen LogP contribution in [0.3, 0.4) is 0 Å². The number of carbonyl (C=O) groups excluding carboxylic acids is 1. The highest BCUT2D eigenvalue weighted by Gasteiger charge is 2.22. The van der Waals surface area contributed by atoms with Crippen LogP contribution < -0.4 is 25.1 Å². The third kappa shape index (κ3) is 4.81. The van der Waals surface area contributed by atoms with Gasteiger partial charge in [-0.3, -0.25) is 4.79 Å². The lowest BCUT2D eigenvalue weighted by Crippen LogP contribution is -2.45. The maximum absolute atomic E-state index is 13.3. The van der Waals surface area contributed by atoms with Crippen molar-refractivity contribution in [2.24, 2.45) is 0 Å². The summed E-state index contributed by atoms with van der Waals surface area (Å²) in [7, 11) is 1.59. The largest absolute Gasteiger partial charge is 0.497 e. The van der Waals surface area contributed by atoms with E-state index >= 15 is 0 Å². The van der Waals surface area contributed by atoms with Gasteiger partial charge >= 0.3 is 6.03 Å². The van der Waals surface area contributed by atoms with Gasteiger partial charge in [0.2, 0.25) is 6.79 Å². The molecule has 2 amide bonds. The molecule has 0 bridgehead atoms. The van der Waals surface area contributed by atoms with Gasteiger partial charge in [0.05, 0.1) is 19.2 Å². The maximum atomic E-state index is 13.3. The van der Waals surface area contributed by atoms with Crippen molar-refractivity contribution in [3.63, 3.8) is 0 Å². The van der Waals surface area contributed by atoms with E-state index in [9.17, 15) is 9.59 Å². The minimum Gasteiger partial charge on any atom is -0.497 e. The topological polar surface area (TPSA) is 92.9 Å². The number of nitrogens with zero attached hydrogens (tertiary/aromatic N) is 1. The molecular formula is C26H29N3O5. The Kier molecular flexibility index (Phi) is 6.29. The van der Waals surface area contributed by atoms with Crippen molar-refractivity contribution in [3.05, 3.63) is 63.9 Å². The standard InChI is InChI=1S/C26H29N3O5/c1-32-21-9-8-18-12-19(25(30)28-22(18)13-21)15-29(26(31)27-20-5-3-2-4-6-20)14-17-7-10-23-24(11-17)34-16-33-23/h7-13,20H,2-6,14-16H2,1H3,(H,27,31)(H,28,30). The predicted molar refractivity (Wildman–Crippen MR) is 128 cm³/mol. The van der Waals surface area contributed by atoms with Crippen LogP contribution >= 0.6 is 0 Å². The number of pyridine rings is 1. The Balaban J connectivity index is 1.41. The van der Waals surface area contributed by atoms with Crippen LogP contribution in [0.4, 0.5) is 4.79 Å². The van der Waals surface area contributed by atoms with Crippen LogP contribution in [0.2, 0.25) is 0 Å². The van der Waals surface area contributed by atoms with Gasteiger partial charge in [0.1, 0.15) is 5.75 Å². The van der Waals surface area contributed by atoms with Crippen molar-refractivity contribution in [1.82, 2.24) is 15.2 Å². The van der Waals surface area contributed by atoms with Crippen LogP contribution in [-0.4, -0.2) is 35.9 Å². The SMILES string of the molecule is COc1ccc2cc(CN(Cc3ccc4c(c3)OCO4)C(=O)NC3CCCCC3)c(=O)[nH]c2c1. The molecule has 2 heterocycles. The molecule has 1 aliphatic carbocycles. The van der Waals surface area contributed by atoms with Crippen LogP contribution in [0.25, 0.3) is 10.9 Å². The molecule has 1 fully saturated rings. The number of H-pyrrole nitrogens is 1. The third-order valence-electron chi connectivity index (χ3n) is 6.52. The van der Waals surface area contributed by atoms with Crippen molar-refractivity contribution in [1.29, 1.82) is 0 Å². The number of rotatable bonds is 6. The van der Waals surface area contributed by atoms with E-state index in [-0.39, 0.29) is 31.0 Å². The lowest BCUT2D eigenvalue weighted by Gasteiger charge is -2.28. The van der Waals surface area contributed by atoms with E-state index < -0.39 is 0 Å². The molecule has 2 aliphatic rings. The number of methoxy groups -OCH3 is 1. The highest BCUT2D eigenvalue weighted by Crippen LogP contribution is 2.33. The number of ether oxygens (including phenoxy) is 3. The molecule has 8 nitrogen and oxygen atoms in total. The molecule has 0 spiro atoms. The number of aromatic nitrogens is 1. The van der Waals surface area contributed by atoms with E-state index in [1.807, 2.05) is 36.4 Å². The molecule has 2 aromatic carbocycles. The van der Waals surface area contributed by atoms with Gasteiger partial charge in [-0.25, -0.2) is 4.79 Å². The van der Waals surface area contributed by atoms with Crippen molar-refractivity contribution in [3.8, 4) is 17.2 Å². The molecule has 1 aliphatic heterocycles. The first-order valence-corrected chi connectivity index (χ1v) is 11.7. The molecule has 3 aromatic rings. The van der Waals surface area contributed by atoms with E-state index in [4.69, 9.17) is 14.2 Å². The second-order valence-corrected chi connectivity index (χ2v) is 8.90. The van der Waals surface area contributed by atoms with E-state index in [2.05, 4.69) is 10.3 Å². The molecule has 1 aromatic heterocycles. The number of carbonyl (C=O) groups is 1. The molecule has 1 saturated carbocycles. The summed E-state index contributed by atoms with van der Waals surface area (Å²) in [5.41, 5.74) is 1.91. The molecule has 0 radical (unpaired) electrons. The molecule has 178 valence electrons. The van der Waals surface area contributed by atoms with Crippen molar-refractivity contribution < 1.29 is 19.0 Å². The van der Waals surface area contributed by atoms with Crippen molar-refractivity contribution in [2.45, 2.75) is 51.2 Å². The number of hydrogen-bond donors (Lipinski definition) is 2. The first-order chi connectivity index (χ1) is 16.6. The molecule has 5 rings (SSSR count). The molecule has 0 saturated heterocycles. The quantitative estimate of drug-likeness (QED) is 0.568. The monoisotopic (exact) mass is 463 g/mol. The Morgan fingerprint density at radius 3 is 2.71 bits per heavy atom. The first-order valence-electron chi connectivity index (χ1n) is 11.7. The average Bonchev–Trinajstić information content (AvgIpc) is 3.32. The number of nitrogens with one attached hydrogen (secondary N) is 2. The highest BCUT2D eigenvalue weighted by molar-refractivity contribution is 5.80. The van der Waals surface area contributed by atoms with Gasteiger partial charge in [-0.2, -0.15) is 0 Å². The van der Waals surface area contributed by atoms with Crippen LogP contribution in [0, 0.1) is 0 Å². The smallest absolute Gasteiger partial charge is 0.318 e. The fourth-order valence-electron chi connectivity index (χ4n) is 4.65. The van der Waals surface area contributed by atoms with Gasteiger partial charge in [-0.05, 0) is 54.1 Å². The van der Waals surface area contributed by atoms with Crippen LogP contribution in [0.5, 0.6) is 17.2 Å². The summed E-state index contributed by atoms with van der Waals surface area (Å²) in [6, 6.07) is 13.1. The third-order valence-corrected chi connectivity index (χ3v) is 6.52. The lowest BCUT2D eigenvalue weighted by molar-refractivity contribution is 0.173. The Hall–Kier alpha value is -3.68. The number of aromatic amines is 1. The Labute approximate surface area is 197 Å². The molecule has 8 heteroatoms. The van der Waals surface area contributed by atoms with Gasteiger partial charge in [0.25, 0.3) is 5.56 Å². The Morgan fingerprint density at radius 2 is 1.88 bits per heavy atom. The zero-order valence-electron chi connectivity index (χ0n) is 19.3. The summed E-state index contributed by atoms with van der Waals surface area (Å²) < 4.78 is 16.2. The molecule has 2 N–H and O–H groups in total. The van der Waals surface area contributed by atoms with Crippen LogP contribution in [0.15, 0.2) is 47.3 Å². The summed E-state index contributed by atoms with van der Waals surface area (Å²) in [5.74, 6) is 2.04. The van der Waals surface area contributed by atoms with Crippen molar-refractivity contribution in [2.75, 3.05) is 13.9 Å². The normalized spacial score (nSPS) is 15.3. The fourth-order valence-corrected chi connectivity index (χ4v) is 4.65. The summed E-state index contributed by atoms with van der Waals surface area (Å²) in [6.07, 6.45) is 5.44. The van der Waals surface area contributed by atoms with E-state index in [1.165, 1.54) is 6.42 Å². The molecule has 0 unspecified atom stereocenters. The zero-order chi connectivity index (χ0) is 23.5. The van der Waals surface area contributed by atoms with Crippen LogP contribution in [-0.2, 0) is 13.1 Å². The van der Waals surface area contributed by atoms with Crippen molar-refractivity contribution >= 4 is 16.9 Å². The van der Waals surface area contributed by atoms with Crippen LogP contribution in [0.1, 0.15) is 43.2 Å². The minimum absolute atomic E-state index is 0.168. The second kappa shape index (κ2) is 9.67. The highest BCUT2D eigenvalue weighted by atomic mass is 16.7. The zero-order valence-corrected chi connectivity index (χ0v) is 19.3. The Bertz CT molecular complexity index is 1250. The number of hydrogen-bond acceptors (Lipinski definition) is 5. The number of urea groups is 1. The lowest BCUT2D eigenvalue weighted by atomic mass is 9.96. The summed E-state index contributed by atoms with van der Waals surface area (Å²) in [5, 5.41) is 4.07. The first kappa shape index (κ1) is 22.1. The molecular weight excluding hydrogens is 434 g/mol. The predicted octanol–water partition coefficient (Wildman–Crippen LogP) is 4.31. The minimum atomic E-state index is -0.220. The van der Waals surface area contributed by atoms with Gasteiger partial charge < -0.3 is 29.4 Å². The number of amides is 2. The van der Waals surface area contributed by atoms with Gasteiger partial charge in [-0.1, -0.05) is 25.3 Å². The fraction of sp³-hybridized carbons (Fsp3) is 0.385. The summed E-state index contributed by atoms with van der Waals surface area (Å²) >= 11 is 0. The summed E-state index contributed by atoms with van der Waals surface area (Å²) in [4.78, 5) is 30.9. The molecule has 0 atom stereocenters. The van der Waals surface area contributed by atoms with Gasteiger partial charge in [0.15, 0.2) is 11.5 Å². The second-order valence-electron chi connectivity index (χ2n) is 8.90. The number of benzene rings is 2. The summed E-state index contributed by atoms with van der Waals surface area (Å²) in [6.45, 7) is 0.724. The Morgan fingerprint density at radius 1 is 1.06 bits per heavy atom. The average molecular weight is 464 g/mol. The van der Waals surface area contributed by atoms with Gasteiger partial charge in [0, 0.05) is 24.2 Å². The van der Waals surface area contributed by atoms with Gasteiger partial charge in [-0.15, -0.1) is 0 Å². The maximum Gasteiger partial charge on any atom is 0.318 e.